The van der Waals surface area contributed by atoms with Crippen molar-refractivity contribution in [2.45, 2.75) is 98.5 Å². The third-order valence-corrected chi connectivity index (χ3v) is 7.44. The minimum absolute atomic E-state index is 0.194. The smallest absolute Gasteiger partial charge is 0.416 e. The van der Waals surface area contributed by atoms with Gasteiger partial charge in [0, 0.05) is 24.7 Å². The zero-order valence-corrected chi connectivity index (χ0v) is 30.7. The minimum atomic E-state index is -0.714. The molecule has 10 nitrogen and oxygen atoms in total. The summed E-state index contributed by atoms with van der Waals surface area (Å²) in [4.78, 5) is 45.4. The van der Waals surface area contributed by atoms with Crippen LogP contribution in [0.1, 0.15) is 77.3 Å². The monoisotopic (exact) mass is 692 g/mol. The van der Waals surface area contributed by atoms with Gasteiger partial charge in [-0.15, -0.1) is 0 Å². The Morgan fingerprint density at radius 2 is 1.56 bits per heavy atom. The summed E-state index contributed by atoms with van der Waals surface area (Å²) in [5, 5.41) is 5.69. The fraction of sp³-hybridized carbons (Fsp3) is 0.487. The highest BCUT2D eigenvalue weighted by atomic mass is 19.1. The molecular formula is C39H53FN4O6. The van der Waals surface area contributed by atoms with Crippen molar-refractivity contribution in [1.82, 2.24) is 15.6 Å². The lowest BCUT2D eigenvalue weighted by molar-refractivity contribution is -0.129. The number of anilines is 1. The molecule has 0 fully saturated rings. The van der Waals surface area contributed by atoms with Crippen molar-refractivity contribution in [2.24, 2.45) is 5.92 Å². The van der Waals surface area contributed by atoms with Gasteiger partial charge in [-0.1, -0.05) is 49.4 Å². The van der Waals surface area contributed by atoms with E-state index in [0.717, 1.165) is 16.7 Å². The molecular weight excluding hydrogens is 639 g/mol. The number of pyridine rings is 1. The number of alkyl carbamates (subject to hydrolysis) is 1. The molecule has 0 aliphatic heterocycles. The van der Waals surface area contributed by atoms with E-state index in [1.54, 1.807) is 32.9 Å². The lowest BCUT2D eigenvalue weighted by Gasteiger charge is -2.29. The summed E-state index contributed by atoms with van der Waals surface area (Å²) in [7, 11) is 0. The number of carbonyl (C=O) groups is 3. The number of hydrogen-bond acceptors (Lipinski definition) is 7. The average molecular weight is 693 g/mol. The molecule has 0 bridgehead atoms. The maximum atomic E-state index is 13.5. The van der Waals surface area contributed by atoms with E-state index >= 15 is 0 Å². The molecule has 2 unspecified atom stereocenters. The molecule has 0 radical (unpaired) electrons. The fourth-order valence-electron chi connectivity index (χ4n) is 5.28. The zero-order valence-electron chi connectivity index (χ0n) is 30.7. The molecule has 3 rings (SSSR count). The van der Waals surface area contributed by atoms with Gasteiger partial charge in [0.25, 0.3) is 0 Å². The van der Waals surface area contributed by atoms with Crippen LogP contribution in [0.25, 0.3) is 0 Å². The number of halogens is 1. The molecule has 0 aliphatic carbocycles. The lowest BCUT2D eigenvalue weighted by Crippen LogP contribution is -2.41. The van der Waals surface area contributed by atoms with Crippen molar-refractivity contribution in [2.75, 3.05) is 24.6 Å². The highest BCUT2D eigenvalue weighted by Gasteiger charge is 2.28. The van der Waals surface area contributed by atoms with E-state index in [-0.39, 0.29) is 37.3 Å². The van der Waals surface area contributed by atoms with Crippen LogP contribution >= 0.6 is 0 Å². The Balaban J connectivity index is 1.82. The number of hydrogen-bond donors (Lipinski definition) is 2. The predicted molar refractivity (Wildman–Crippen MR) is 192 cm³/mol. The van der Waals surface area contributed by atoms with Crippen LogP contribution in [-0.4, -0.2) is 60.1 Å². The van der Waals surface area contributed by atoms with E-state index in [2.05, 4.69) is 10.6 Å². The van der Waals surface area contributed by atoms with Gasteiger partial charge in [-0.2, -0.15) is 0 Å². The molecule has 0 saturated heterocycles. The van der Waals surface area contributed by atoms with Gasteiger partial charge in [0.1, 0.15) is 29.4 Å². The van der Waals surface area contributed by atoms with Gasteiger partial charge in [-0.05, 0) is 109 Å². The lowest BCUT2D eigenvalue weighted by atomic mass is 9.94. The first kappa shape index (κ1) is 39.9. The summed E-state index contributed by atoms with van der Waals surface area (Å²) < 4.78 is 30.9. The van der Waals surface area contributed by atoms with Gasteiger partial charge in [0.2, 0.25) is 5.91 Å². The number of nitrogens with zero attached hydrogens (tertiary/aromatic N) is 2. The van der Waals surface area contributed by atoms with E-state index in [4.69, 9.17) is 19.2 Å². The number of rotatable bonds is 15. The Bertz CT molecular complexity index is 1550. The minimum Gasteiger partial charge on any atom is -0.444 e. The molecule has 2 aromatic carbocycles. The van der Waals surface area contributed by atoms with E-state index in [1.165, 1.54) is 17.0 Å². The van der Waals surface area contributed by atoms with Gasteiger partial charge in [-0.3, -0.25) is 9.69 Å². The summed E-state index contributed by atoms with van der Waals surface area (Å²) >= 11 is 0. The highest BCUT2D eigenvalue weighted by Crippen LogP contribution is 2.24. The van der Waals surface area contributed by atoms with Crippen LogP contribution in [0.3, 0.4) is 0 Å². The largest absolute Gasteiger partial charge is 0.444 e. The number of aromatic nitrogens is 1. The van der Waals surface area contributed by atoms with Crippen molar-refractivity contribution in [3.05, 3.63) is 94.9 Å². The summed E-state index contributed by atoms with van der Waals surface area (Å²) in [6, 6.07) is 19.7. The molecule has 3 amide bonds. The highest BCUT2D eigenvalue weighted by molar-refractivity contribution is 5.86. The first-order valence-electron chi connectivity index (χ1n) is 17.1. The molecule has 1 aromatic heterocycles. The summed E-state index contributed by atoms with van der Waals surface area (Å²) in [5.41, 5.74) is 1.87. The number of amides is 3. The maximum absolute atomic E-state index is 13.5. The molecule has 0 aliphatic rings. The van der Waals surface area contributed by atoms with Crippen molar-refractivity contribution in [3.8, 4) is 0 Å². The Morgan fingerprint density at radius 1 is 0.880 bits per heavy atom. The number of benzene rings is 2. The van der Waals surface area contributed by atoms with Gasteiger partial charge in [0.15, 0.2) is 0 Å². The van der Waals surface area contributed by atoms with Crippen LogP contribution in [-0.2, 0) is 38.4 Å². The second-order valence-corrected chi connectivity index (χ2v) is 14.4. The Labute approximate surface area is 296 Å². The first-order valence-corrected chi connectivity index (χ1v) is 17.1. The Hall–Kier alpha value is -4.51. The van der Waals surface area contributed by atoms with Gasteiger partial charge >= 0.3 is 12.2 Å². The van der Waals surface area contributed by atoms with Crippen LogP contribution in [0, 0.1) is 18.7 Å². The molecule has 1 heterocycles. The van der Waals surface area contributed by atoms with Crippen molar-refractivity contribution < 1.29 is 33.0 Å². The molecule has 2 atom stereocenters. The van der Waals surface area contributed by atoms with Crippen molar-refractivity contribution >= 4 is 23.9 Å². The molecule has 2 N–H and O–H groups in total. The third-order valence-electron chi connectivity index (χ3n) is 7.44. The number of nitrogens with one attached hydrogen (secondary N) is 2. The second kappa shape index (κ2) is 18.5. The van der Waals surface area contributed by atoms with Crippen molar-refractivity contribution in [3.63, 3.8) is 0 Å². The average Bonchev–Trinajstić information content (AvgIpc) is 3.01. The third kappa shape index (κ3) is 14.5. The van der Waals surface area contributed by atoms with E-state index in [9.17, 15) is 18.8 Å². The van der Waals surface area contributed by atoms with Crippen LogP contribution in [0.2, 0.25) is 0 Å². The molecule has 0 spiro atoms. The van der Waals surface area contributed by atoms with Crippen LogP contribution in [0.15, 0.2) is 66.7 Å². The summed E-state index contributed by atoms with van der Waals surface area (Å²) in [5.74, 6) is -0.496. The molecule has 50 heavy (non-hydrogen) atoms. The number of ether oxygens (including phenoxy) is 3. The predicted octanol–water partition coefficient (Wildman–Crippen LogP) is 7.31. The van der Waals surface area contributed by atoms with E-state index < -0.39 is 29.5 Å². The van der Waals surface area contributed by atoms with Crippen LogP contribution in [0.5, 0.6) is 0 Å². The molecule has 11 heteroatoms. The SMILES string of the molecule is CCC(OCC(=O)NCCc1cccc(F)c1)C(CNC(=O)OC(C)(C)C)Cc1cc(C)cc(N(Cc2ccccc2)C(=O)OC(C)(C)C)n1. The van der Waals surface area contributed by atoms with Crippen LogP contribution < -0.4 is 15.5 Å². The summed E-state index contributed by atoms with van der Waals surface area (Å²) in [6.45, 7) is 15.3. The number of carbonyl (C=O) groups excluding carboxylic acids is 3. The van der Waals surface area contributed by atoms with Gasteiger partial charge < -0.3 is 24.8 Å². The van der Waals surface area contributed by atoms with Crippen molar-refractivity contribution in [1.29, 1.82) is 0 Å². The Kier molecular flexibility index (Phi) is 14.8. The Morgan fingerprint density at radius 3 is 2.20 bits per heavy atom. The van der Waals surface area contributed by atoms with Crippen LogP contribution in [0.4, 0.5) is 19.8 Å². The maximum Gasteiger partial charge on any atom is 0.416 e. The van der Waals surface area contributed by atoms with E-state index in [0.29, 0.717) is 37.3 Å². The second-order valence-electron chi connectivity index (χ2n) is 14.4. The van der Waals surface area contributed by atoms with Gasteiger partial charge in [0.05, 0.1) is 12.6 Å². The normalized spacial score (nSPS) is 12.8. The van der Waals surface area contributed by atoms with E-state index in [1.807, 2.05) is 77.1 Å². The fourth-order valence-corrected chi connectivity index (χ4v) is 5.28. The summed E-state index contributed by atoms with van der Waals surface area (Å²) in [6.07, 6.45) is -0.118. The topological polar surface area (TPSA) is 119 Å². The zero-order chi connectivity index (χ0) is 36.9. The molecule has 0 saturated carbocycles. The first-order chi connectivity index (χ1) is 23.5. The number of aryl methyl sites for hydroxylation is 1. The standard InChI is InChI=1S/C39H53FN4O6/c1-9-33(48-26-35(45)41-19-18-28-16-13-17-31(40)22-28)30(24-42-36(46)49-38(3,4)5)23-32-20-27(2)21-34(43-32)44(37(47)50-39(6,7)8)25-29-14-11-10-12-15-29/h10-17,20-22,30,33H,9,18-19,23-26H2,1-8H3,(H,41,45)(H,42,46). The van der Waals surface area contributed by atoms with Gasteiger partial charge in [-0.25, -0.2) is 19.0 Å². The molecule has 272 valence electrons. The molecule has 3 aromatic rings. The quantitative estimate of drug-likeness (QED) is 0.172.